The number of carboxylic acid groups (broad SMARTS) is 1. The van der Waals surface area contributed by atoms with E-state index in [9.17, 15) is 14.9 Å². The van der Waals surface area contributed by atoms with Crippen molar-refractivity contribution in [3.63, 3.8) is 0 Å². The van der Waals surface area contributed by atoms with Crippen molar-refractivity contribution >= 4 is 23.3 Å². The Balaban J connectivity index is 2.82. The molecular weight excluding hydrogens is 288 g/mol. The summed E-state index contributed by atoms with van der Waals surface area (Å²) in [6.45, 7) is 2.15. The summed E-state index contributed by atoms with van der Waals surface area (Å²) in [5.41, 5.74) is -0.294. The normalized spacial score (nSPS) is 11.9. The van der Waals surface area contributed by atoms with Crippen molar-refractivity contribution in [3.05, 3.63) is 33.3 Å². The number of carbonyl (C=O) groups is 1. The first kappa shape index (κ1) is 16.2. The molecule has 1 aromatic rings. The largest absolute Gasteiger partial charge is 0.483 e. The highest BCUT2D eigenvalue weighted by atomic mass is 35.5. The number of nitrogens with one attached hydrogen (secondary N) is 1. The molecule has 1 unspecified atom stereocenters. The second-order valence-corrected chi connectivity index (χ2v) is 4.41. The van der Waals surface area contributed by atoms with Crippen LogP contribution in [0.25, 0.3) is 0 Å². The summed E-state index contributed by atoms with van der Waals surface area (Å²) in [5, 5.41) is 22.7. The van der Waals surface area contributed by atoms with E-state index in [2.05, 4.69) is 5.32 Å². The minimum Gasteiger partial charge on any atom is -0.483 e. The van der Waals surface area contributed by atoms with Crippen LogP contribution in [-0.4, -0.2) is 35.2 Å². The van der Waals surface area contributed by atoms with Gasteiger partial charge in [-0.3, -0.25) is 14.9 Å². The van der Waals surface area contributed by atoms with Gasteiger partial charge < -0.3 is 15.2 Å². The summed E-state index contributed by atoms with van der Waals surface area (Å²) >= 11 is 5.84. The molecular formula is C12H15ClN2O5. The number of carboxylic acids is 1. The third-order valence-electron chi connectivity index (χ3n) is 2.48. The first-order valence-corrected chi connectivity index (χ1v) is 6.37. The average molecular weight is 303 g/mol. The number of para-hydroxylation sites is 1. The highest BCUT2D eigenvalue weighted by Gasteiger charge is 2.22. The third kappa shape index (κ3) is 4.36. The molecule has 0 bridgehead atoms. The van der Waals surface area contributed by atoms with Crippen molar-refractivity contribution in [1.82, 2.24) is 5.32 Å². The number of hydrogen-bond acceptors (Lipinski definition) is 5. The van der Waals surface area contributed by atoms with Gasteiger partial charge in [-0.05, 0) is 19.0 Å². The van der Waals surface area contributed by atoms with Gasteiger partial charge in [-0.2, -0.15) is 0 Å². The summed E-state index contributed by atoms with van der Waals surface area (Å²) in [6.07, 6.45) is 0.760. The Morgan fingerprint density at radius 3 is 2.85 bits per heavy atom. The Labute approximate surface area is 120 Å². The van der Waals surface area contributed by atoms with Crippen LogP contribution >= 0.6 is 11.6 Å². The lowest BCUT2D eigenvalue weighted by molar-refractivity contribution is -0.385. The van der Waals surface area contributed by atoms with Gasteiger partial charge in [0.15, 0.2) is 0 Å². The maximum Gasteiger partial charge on any atom is 0.324 e. The van der Waals surface area contributed by atoms with Gasteiger partial charge in [-0.1, -0.05) is 24.6 Å². The zero-order valence-electron chi connectivity index (χ0n) is 10.8. The molecule has 1 rings (SSSR count). The van der Waals surface area contributed by atoms with Crippen molar-refractivity contribution in [2.45, 2.75) is 19.4 Å². The van der Waals surface area contributed by atoms with E-state index in [1.807, 2.05) is 6.92 Å². The maximum absolute atomic E-state index is 11.0. The smallest absolute Gasteiger partial charge is 0.324 e. The highest BCUT2D eigenvalue weighted by molar-refractivity contribution is 6.32. The summed E-state index contributed by atoms with van der Waals surface area (Å²) in [6, 6.07) is 3.17. The van der Waals surface area contributed by atoms with Gasteiger partial charge in [-0.25, -0.2) is 0 Å². The Hall–Kier alpha value is -1.86. The van der Waals surface area contributed by atoms with Gasteiger partial charge in [0.05, 0.1) is 9.95 Å². The van der Waals surface area contributed by atoms with Crippen molar-refractivity contribution < 1.29 is 19.6 Å². The number of nitrogens with zero attached hydrogens (tertiary/aromatic N) is 1. The monoisotopic (exact) mass is 302 g/mol. The molecule has 0 aliphatic rings. The van der Waals surface area contributed by atoms with Crippen molar-refractivity contribution in [3.8, 4) is 5.75 Å². The first-order chi connectivity index (χ1) is 9.47. The molecule has 0 fully saturated rings. The minimum absolute atomic E-state index is 0.0684. The lowest BCUT2D eigenvalue weighted by Gasteiger charge is -2.15. The van der Waals surface area contributed by atoms with E-state index in [4.69, 9.17) is 21.4 Å². The Morgan fingerprint density at radius 1 is 1.60 bits per heavy atom. The van der Waals surface area contributed by atoms with Gasteiger partial charge >= 0.3 is 11.7 Å². The summed E-state index contributed by atoms with van der Waals surface area (Å²) < 4.78 is 5.23. The van der Waals surface area contributed by atoms with E-state index in [0.29, 0.717) is 6.54 Å². The highest BCUT2D eigenvalue weighted by Crippen LogP contribution is 2.34. The Morgan fingerprint density at radius 2 is 2.30 bits per heavy atom. The number of benzene rings is 1. The quantitative estimate of drug-likeness (QED) is 0.563. The van der Waals surface area contributed by atoms with Crippen LogP contribution in [0, 0.1) is 10.1 Å². The number of hydrogen-bond donors (Lipinski definition) is 2. The minimum atomic E-state index is -1.09. The standard InChI is InChI=1S/C12H15ClN2O5/c1-2-6-14-9(12(16)17)7-20-11-8(13)4-3-5-10(11)15(18)19/h3-5,9,14H,2,6-7H2,1H3,(H,16,17). The number of aliphatic carboxylic acids is 1. The maximum atomic E-state index is 11.0. The SMILES string of the molecule is CCCNC(COc1c(Cl)cccc1[N+](=O)[O-])C(=O)O. The molecule has 0 aliphatic heterocycles. The molecule has 0 saturated heterocycles. The van der Waals surface area contributed by atoms with Crippen LogP contribution in [0.4, 0.5) is 5.69 Å². The lowest BCUT2D eigenvalue weighted by Crippen LogP contribution is -2.41. The summed E-state index contributed by atoms with van der Waals surface area (Å²) in [7, 11) is 0. The molecule has 1 aromatic carbocycles. The molecule has 0 spiro atoms. The predicted octanol–water partition coefficient (Wildman–Crippen LogP) is 2.08. The second kappa shape index (κ2) is 7.66. The van der Waals surface area contributed by atoms with Gasteiger partial charge in [0, 0.05) is 6.07 Å². The van der Waals surface area contributed by atoms with Crippen LogP contribution in [0.2, 0.25) is 5.02 Å². The van der Waals surface area contributed by atoms with E-state index in [0.717, 1.165) is 6.42 Å². The molecule has 0 amide bonds. The molecule has 20 heavy (non-hydrogen) atoms. The molecule has 1 atom stereocenters. The lowest BCUT2D eigenvalue weighted by atomic mass is 10.2. The fourth-order valence-electron chi connectivity index (χ4n) is 1.49. The Bertz CT molecular complexity index is 495. The number of rotatable bonds is 8. The molecule has 0 heterocycles. The number of nitro groups is 1. The summed E-state index contributed by atoms with van der Waals surface area (Å²) in [4.78, 5) is 21.3. The second-order valence-electron chi connectivity index (χ2n) is 4.00. The van der Waals surface area contributed by atoms with Crippen LogP contribution in [0.1, 0.15) is 13.3 Å². The molecule has 2 N–H and O–H groups in total. The fourth-order valence-corrected chi connectivity index (χ4v) is 1.71. The van der Waals surface area contributed by atoms with E-state index >= 15 is 0 Å². The zero-order valence-corrected chi connectivity index (χ0v) is 11.6. The number of ether oxygens (including phenoxy) is 1. The van der Waals surface area contributed by atoms with Crippen LogP contribution in [0.5, 0.6) is 5.75 Å². The van der Waals surface area contributed by atoms with Crippen molar-refractivity contribution in [2.75, 3.05) is 13.2 Å². The zero-order chi connectivity index (χ0) is 15.1. The van der Waals surface area contributed by atoms with Gasteiger partial charge in [-0.15, -0.1) is 0 Å². The molecule has 0 aromatic heterocycles. The van der Waals surface area contributed by atoms with Crippen LogP contribution in [-0.2, 0) is 4.79 Å². The van der Waals surface area contributed by atoms with Crippen LogP contribution in [0.3, 0.4) is 0 Å². The number of nitro benzene ring substituents is 1. The van der Waals surface area contributed by atoms with E-state index in [1.54, 1.807) is 0 Å². The average Bonchev–Trinajstić information content (AvgIpc) is 2.39. The van der Waals surface area contributed by atoms with Crippen molar-refractivity contribution in [2.24, 2.45) is 0 Å². The summed E-state index contributed by atoms with van der Waals surface area (Å²) in [5.74, 6) is -1.21. The van der Waals surface area contributed by atoms with Gasteiger partial charge in [0.2, 0.25) is 5.75 Å². The molecule has 0 saturated carbocycles. The van der Waals surface area contributed by atoms with Gasteiger partial charge in [0.25, 0.3) is 0 Å². The van der Waals surface area contributed by atoms with Crippen LogP contribution < -0.4 is 10.1 Å². The van der Waals surface area contributed by atoms with Crippen LogP contribution in [0.15, 0.2) is 18.2 Å². The van der Waals surface area contributed by atoms with E-state index in [-0.39, 0.29) is 23.1 Å². The molecule has 8 heteroatoms. The van der Waals surface area contributed by atoms with Gasteiger partial charge in [0.1, 0.15) is 12.6 Å². The van der Waals surface area contributed by atoms with E-state index in [1.165, 1.54) is 18.2 Å². The number of halogens is 1. The topological polar surface area (TPSA) is 102 Å². The third-order valence-corrected chi connectivity index (χ3v) is 2.77. The molecule has 110 valence electrons. The van der Waals surface area contributed by atoms with E-state index < -0.39 is 16.9 Å². The molecule has 0 radical (unpaired) electrons. The van der Waals surface area contributed by atoms with Crippen molar-refractivity contribution in [1.29, 1.82) is 0 Å². The first-order valence-electron chi connectivity index (χ1n) is 5.99. The molecule has 0 aliphatic carbocycles. The fraction of sp³-hybridized carbons (Fsp3) is 0.417. The Kier molecular flexibility index (Phi) is 6.20. The predicted molar refractivity (Wildman–Crippen MR) is 73.3 cm³/mol. The molecule has 7 nitrogen and oxygen atoms in total.